The maximum Gasteiger partial charge on any atom is 0.130 e. The van der Waals surface area contributed by atoms with Crippen LogP contribution in [-0.2, 0) is 12.3 Å². The molecule has 3 rings (SSSR count). The number of benzene rings is 1. The molecule has 1 aromatic heterocycles. The van der Waals surface area contributed by atoms with Gasteiger partial charge in [-0.1, -0.05) is 30.3 Å². The third-order valence-electron chi connectivity index (χ3n) is 4.13. The molecule has 1 saturated heterocycles. The van der Waals surface area contributed by atoms with Crippen molar-refractivity contribution >= 4 is 24.1 Å². The molecule has 0 unspecified atom stereocenters. The van der Waals surface area contributed by atoms with Crippen molar-refractivity contribution in [2.24, 2.45) is 5.18 Å². The topological polar surface area (TPSA) is 48.8 Å². The van der Waals surface area contributed by atoms with Gasteiger partial charge in [-0.05, 0) is 22.9 Å². The van der Waals surface area contributed by atoms with Crippen molar-refractivity contribution in [2.75, 3.05) is 31.1 Å². The summed E-state index contributed by atoms with van der Waals surface area (Å²) >= 11 is 4.23. The molecule has 0 amide bonds. The Bertz CT molecular complexity index is 657. The Morgan fingerprint density at radius 3 is 2.43 bits per heavy atom. The van der Waals surface area contributed by atoms with Gasteiger partial charge in [0, 0.05) is 38.5 Å². The zero-order valence-electron chi connectivity index (χ0n) is 12.9. The van der Waals surface area contributed by atoms with E-state index in [0.29, 0.717) is 17.1 Å². The highest BCUT2D eigenvalue weighted by molar-refractivity contribution is 7.79. The van der Waals surface area contributed by atoms with Gasteiger partial charge in [0.2, 0.25) is 0 Å². The van der Waals surface area contributed by atoms with Gasteiger partial charge in [-0.3, -0.25) is 4.90 Å². The Kier molecular flexibility index (Phi) is 5.25. The van der Waals surface area contributed by atoms with Crippen molar-refractivity contribution in [2.45, 2.75) is 12.3 Å². The van der Waals surface area contributed by atoms with Gasteiger partial charge < -0.3 is 4.90 Å². The van der Waals surface area contributed by atoms with Crippen molar-refractivity contribution in [1.29, 1.82) is 0 Å². The van der Waals surface area contributed by atoms with E-state index in [2.05, 4.69) is 56.9 Å². The van der Waals surface area contributed by atoms with Crippen LogP contribution in [0.5, 0.6) is 0 Å². The van der Waals surface area contributed by atoms with Gasteiger partial charge in [0.1, 0.15) is 11.5 Å². The van der Waals surface area contributed by atoms with Crippen LogP contribution < -0.4 is 4.90 Å². The second-order valence-electron chi connectivity index (χ2n) is 5.63. The first-order valence-electron chi connectivity index (χ1n) is 7.75. The van der Waals surface area contributed by atoms with E-state index in [0.717, 1.165) is 38.5 Å². The maximum absolute atomic E-state index is 10.7. The third kappa shape index (κ3) is 3.89. The molecule has 0 atom stereocenters. The molecule has 120 valence electrons. The zero-order valence-corrected chi connectivity index (χ0v) is 13.8. The second-order valence-corrected chi connectivity index (χ2v) is 5.95. The molecule has 1 aromatic carbocycles. The van der Waals surface area contributed by atoms with Gasteiger partial charge in [0.05, 0.1) is 5.69 Å². The zero-order chi connectivity index (χ0) is 16.1. The van der Waals surface area contributed by atoms with E-state index in [1.54, 1.807) is 6.07 Å². The van der Waals surface area contributed by atoms with Crippen LogP contribution in [0.25, 0.3) is 0 Å². The second kappa shape index (κ2) is 7.57. The maximum atomic E-state index is 10.7. The van der Waals surface area contributed by atoms with E-state index in [9.17, 15) is 4.91 Å². The Balaban J connectivity index is 1.61. The van der Waals surface area contributed by atoms with Crippen LogP contribution >= 0.6 is 12.6 Å². The summed E-state index contributed by atoms with van der Waals surface area (Å²) in [6.45, 7) is 4.85. The van der Waals surface area contributed by atoms with Gasteiger partial charge in [0.25, 0.3) is 0 Å². The average Bonchev–Trinajstić information content (AvgIpc) is 2.62. The number of pyridine rings is 1. The Labute approximate surface area is 141 Å². The van der Waals surface area contributed by atoms with Crippen LogP contribution in [-0.4, -0.2) is 36.1 Å². The summed E-state index contributed by atoms with van der Waals surface area (Å²) in [5, 5.41) is 3.00. The summed E-state index contributed by atoms with van der Waals surface area (Å²) < 4.78 is 0. The normalized spacial score (nSPS) is 15.6. The molecule has 0 spiro atoms. The molecule has 1 fully saturated rings. The fraction of sp³-hybridized carbons (Fsp3) is 0.353. The molecule has 2 heterocycles. The highest BCUT2D eigenvalue weighted by Gasteiger charge is 2.19. The Morgan fingerprint density at radius 1 is 1.04 bits per heavy atom. The summed E-state index contributed by atoms with van der Waals surface area (Å²) in [4.78, 5) is 20.0. The van der Waals surface area contributed by atoms with E-state index in [1.165, 1.54) is 5.56 Å². The molecule has 2 aromatic rings. The SMILES string of the molecule is O=Nc1ccc(N2CCN(Cc3ccccc3)CC2)nc1CS. The van der Waals surface area contributed by atoms with Crippen LogP contribution in [0.4, 0.5) is 11.5 Å². The predicted octanol–water partition coefficient (Wildman–Crippen LogP) is 3.23. The Morgan fingerprint density at radius 2 is 1.78 bits per heavy atom. The van der Waals surface area contributed by atoms with E-state index < -0.39 is 0 Å². The van der Waals surface area contributed by atoms with Crippen molar-refractivity contribution in [3.63, 3.8) is 0 Å². The number of rotatable bonds is 5. The number of aromatic nitrogens is 1. The average molecular weight is 328 g/mol. The number of hydrogen-bond acceptors (Lipinski definition) is 6. The fourth-order valence-corrected chi connectivity index (χ4v) is 3.07. The summed E-state index contributed by atoms with van der Waals surface area (Å²) in [6, 6.07) is 14.1. The minimum atomic E-state index is 0.381. The van der Waals surface area contributed by atoms with Crippen molar-refractivity contribution in [1.82, 2.24) is 9.88 Å². The number of piperazine rings is 1. The van der Waals surface area contributed by atoms with Crippen molar-refractivity contribution in [3.05, 3.63) is 58.6 Å². The number of nitroso groups, excluding NO2 is 1. The molecule has 6 heteroatoms. The summed E-state index contributed by atoms with van der Waals surface area (Å²) in [5.74, 6) is 1.32. The monoisotopic (exact) mass is 328 g/mol. The molecule has 1 aliphatic rings. The lowest BCUT2D eigenvalue weighted by molar-refractivity contribution is 0.249. The van der Waals surface area contributed by atoms with Crippen LogP contribution in [0.3, 0.4) is 0 Å². The standard InChI is InChI=1S/C17H20N4OS/c22-19-15-6-7-17(18-16(15)13-23)21-10-8-20(9-11-21)12-14-4-2-1-3-5-14/h1-7,23H,8-13H2. The fourth-order valence-electron chi connectivity index (χ4n) is 2.83. The summed E-state index contributed by atoms with van der Waals surface area (Å²) in [6.07, 6.45) is 0. The lowest BCUT2D eigenvalue weighted by atomic mass is 10.2. The van der Waals surface area contributed by atoms with E-state index in [4.69, 9.17) is 0 Å². The van der Waals surface area contributed by atoms with Crippen LogP contribution in [0.1, 0.15) is 11.3 Å². The minimum Gasteiger partial charge on any atom is -0.354 e. The van der Waals surface area contributed by atoms with Gasteiger partial charge in [-0.15, -0.1) is 4.91 Å². The number of nitrogens with zero attached hydrogens (tertiary/aromatic N) is 4. The third-order valence-corrected chi connectivity index (χ3v) is 4.43. The van der Waals surface area contributed by atoms with E-state index >= 15 is 0 Å². The number of anilines is 1. The quantitative estimate of drug-likeness (QED) is 0.676. The minimum absolute atomic E-state index is 0.381. The molecule has 0 aliphatic carbocycles. The first-order valence-corrected chi connectivity index (χ1v) is 8.39. The molecule has 5 nitrogen and oxygen atoms in total. The molecule has 0 saturated carbocycles. The predicted molar refractivity (Wildman–Crippen MR) is 96.3 cm³/mol. The van der Waals surface area contributed by atoms with Crippen LogP contribution in [0.2, 0.25) is 0 Å². The van der Waals surface area contributed by atoms with Crippen LogP contribution in [0, 0.1) is 4.91 Å². The van der Waals surface area contributed by atoms with Crippen molar-refractivity contribution < 1.29 is 0 Å². The molecule has 1 aliphatic heterocycles. The Hall–Kier alpha value is -1.92. The first kappa shape index (κ1) is 16.0. The smallest absolute Gasteiger partial charge is 0.130 e. The lowest BCUT2D eigenvalue weighted by Gasteiger charge is -2.35. The first-order chi connectivity index (χ1) is 11.3. The molecule has 0 bridgehead atoms. The summed E-state index contributed by atoms with van der Waals surface area (Å²) in [7, 11) is 0. The van der Waals surface area contributed by atoms with Crippen molar-refractivity contribution in [3.8, 4) is 0 Å². The van der Waals surface area contributed by atoms with Gasteiger partial charge >= 0.3 is 0 Å². The summed E-state index contributed by atoms with van der Waals surface area (Å²) in [5.41, 5.74) is 2.37. The molecule has 23 heavy (non-hydrogen) atoms. The number of thiol groups is 1. The van der Waals surface area contributed by atoms with Crippen LogP contribution in [0.15, 0.2) is 47.6 Å². The molecular formula is C17H20N4OS. The van der Waals surface area contributed by atoms with E-state index in [-0.39, 0.29) is 0 Å². The molecule has 0 radical (unpaired) electrons. The highest BCUT2D eigenvalue weighted by Crippen LogP contribution is 2.23. The van der Waals surface area contributed by atoms with E-state index in [1.807, 2.05) is 12.1 Å². The van der Waals surface area contributed by atoms with Gasteiger partial charge in [0.15, 0.2) is 0 Å². The lowest BCUT2D eigenvalue weighted by Crippen LogP contribution is -2.46. The largest absolute Gasteiger partial charge is 0.354 e. The van der Waals surface area contributed by atoms with Gasteiger partial charge in [-0.25, -0.2) is 4.98 Å². The molecule has 0 N–H and O–H groups in total. The number of hydrogen-bond donors (Lipinski definition) is 1. The molecular weight excluding hydrogens is 308 g/mol. The highest BCUT2D eigenvalue weighted by atomic mass is 32.1. The van der Waals surface area contributed by atoms with Gasteiger partial charge in [-0.2, -0.15) is 12.6 Å².